The molecule has 0 unspecified atom stereocenters. The van der Waals surface area contributed by atoms with Crippen molar-refractivity contribution in [1.29, 1.82) is 0 Å². The molecule has 1 aliphatic carbocycles. The van der Waals surface area contributed by atoms with Gasteiger partial charge in [0.2, 0.25) is 0 Å². The number of hydrogen-bond donors (Lipinski definition) is 1. The summed E-state index contributed by atoms with van der Waals surface area (Å²) in [4.78, 5) is 0. The average molecular weight is 193 g/mol. The van der Waals surface area contributed by atoms with Crippen molar-refractivity contribution in [3.63, 3.8) is 0 Å². The lowest BCUT2D eigenvalue weighted by molar-refractivity contribution is 0.303. The van der Waals surface area contributed by atoms with Gasteiger partial charge in [-0.3, -0.25) is 4.68 Å². The SMILES string of the molecule is Cn1cc(CCNCC2CCC2)cn1. The second-order valence-electron chi connectivity index (χ2n) is 4.27. The van der Waals surface area contributed by atoms with E-state index in [0.717, 1.165) is 18.9 Å². The number of nitrogens with zero attached hydrogens (tertiary/aromatic N) is 2. The van der Waals surface area contributed by atoms with E-state index in [1.165, 1.54) is 31.4 Å². The largest absolute Gasteiger partial charge is 0.316 e. The Kier molecular flexibility index (Phi) is 3.19. The summed E-state index contributed by atoms with van der Waals surface area (Å²) < 4.78 is 1.86. The Bertz CT molecular complexity index is 276. The number of nitrogens with one attached hydrogen (secondary N) is 1. The van der Waals surface area contributed by atoms with Crippen LogP contribution in [0.3, 0.4) is 0 Å². The first-order chi connectivity index (χ1) is 6.84. The first kappa shape index (κ1) is 9.71. The van der Waals surface area contributed by atoms with E-state index >= 15 is 0 Å². The van der Waals surface area contributed by atoms with Crippen molar-refractivity contribution < 1.29 is 0 Å². The van der Waals surface area contributed by atoms with Gasteiger partial charge in [-0.2, -0.15) is 5.10 Å². The van der Waals surface area contributed by atoms with Gasteiger partial charge in [0.25, 0.3) is 0 Å². The summed E-state index contributed by atoms with van der Waals surface area (Å²) in [7, 11) is 1.96. The Labute approximate surface area is 85.5 Å². The molecule has 0 aliphatic heterocycles. The maximum Gasteiger partial charge on any atom is 0.0522 e. The summed E-state index contributed by atoms with van der Waals surface area (Å²) in [6.07, 6.45) is 9.44. The van der Waals surface area contributed by atoms with Crippen LogP contribution in [0.2, 0.25) is 0 Å². The average Bonchev–Trinajstić information content (AvgIpc) is 2.48. The summed E-state index contributed by atoms with van der Waals surface area (Å²) in [5.41, 5.74) is 1.33. The molecule has 1 heterocycles. The third-order valence-corrected chi connectivity index (χ3v) is 3.01. The van der Waals surface area contributed by atoms with Crippen molar-refractivity contribution in [2.24, 2.45) is 13.0 Å². The molecular formula is C11H19N3. The van der Waals surface area contributed by atoms with Crippen LogP contribution in [0.5, 0.6) is 0 Å². The summed E-state index contributed by atoms with van der Waals surface area (Å²) in [5, 5.41) is 7.65. The highest BCUT2D eigenvalue weighted by atomic mass is 15.2. The molecule has 0 amide bonds. The molecule has 0 atom stereocenters. The summed E-state index contributed by atoms with van der Waals surface area (Å²) in [6, 6.07) is 0. The quantitative estimate of drug-likeness (QED) is 0.715. The summed E-state index contributed by atoms with van der Waals surface area (Å²) in [6.45, 7) is 2.29. The van der Waals surface area contributed by atoms with Crippen molar-refractivity contribution >= 4 is 0 Å². The molecule has 1 saturated carbocycles. The van der Waals surface area contributed by atoms with Crippen molar-refractivity contribution in [3.05, 3.63) is 18.0 Å². The molecule has 0 spiro atoms. The maximum absolute atomic E-state index is 4.15. The zero-order valence-electron chi connectivity index (χ0n) is 8.87. The van der Waals surface area contributed by atoms with Crippen LogP contribution in [-0.2, 0) is 13.5 Å². The van der Waals surface area contributed by atoms with Gasteiger partial charge in [-0.1, -0.05) is 6.42 Å². The fourth-order valence-corrected chi connectivity index (χ4v) is 1.84. The van der Waals surface area contributed by atoms with Crippen LogP contribution in [0.1, 0.15) is 24.8 Å². The van der Waals surface area contributed by atoms with Gasteiger partial charge in [-0.15, -0.1) is 0 Å². The third-order valence-electron chi connectivity index (χ3n) is 3.01. The second kappa shape index (κ2) is 4.60. The van der Waals surface area contributed by atoms with Gasteiger partial charge in [0.15, 0.2) is 0 Å². The molecule has 78 valence electrons. The van der Waals surface area contributed by atoms with Crippen LogP contribution < -0.4 is 5.32 Å². The van der Waals surface area contributed by atoms with Crippen LogP contribution in [-0.4, -0.2) is 22.9 Å². The number of hydrogen-bond acceptors (Lipinski definition) is 2. The lowest BCUT2D eigenvalue weighted by Gasteiger charge is -2.25. The summed E-state index contributed by atoms with van der Waals surface area (Å²) >= 11 is 0. The molecule has 0 aromatic carbocycles. The molecule has 2 rings (SSSR count). The zero-order valence-corrected chi connectivity index (χ0v) is 8.87. The van der Waals surface area contributed by atoms with E-state index in [2.05, 4.69) is 16.6 Å². The molecule has 14 heavy (non-hydrogen) atoms. The minimum Gasteiger partial charge on any atom is -0.316 e. The zero-order chi connectivity index (χ0) is 9.80. The van der Waals surface area contributed by atoms with E-state index in [-0.39, 0.29) is 0 Å². The van der Waals surface area contributed by atoms with E-state index in [0.29, 0.717) is 0 Å². The normalized spacial score (nSPS) is 16.9. The molecule has 1 aromatic heterocycles. The number of rotatable bonds is 5. The molecule has 1 aliphatic rings. The number of aromatic nitrogens is 2. The molecule has 1 N–H and O–H groups in total. The summed E-state index contributed by atoms with van der Waals surface area (Å²) in [5.74, 6) is 0.962. The lowest BCUT2D eigenvalue weighted by atomic mass is 9.85. The fourth-order valence-electron chi connectivity index (χ4n) is 1.84. The molecule has 1 fully saturated rings. The second-order valence-corrected chi connectivity index (χ2v) is 4.27. The van der Waals surface area contributed by atoms with E-state index < -0.39 is 0 Å². The highest BCUT2D eigenvalue weighted by Gasteiger charge is 2.15. The molecular weight excluding hydrogens is 174 g/mol. The minimum atomic E-state index is 0.962. The Morgan fingerprint density at radius 3 is 3.00 bits per heavy atom. The van der Waals surface area contributed by atoms with E-state index in [9.17, 15) is 0 Å². The predicted octanol–water partition coefficient (Wildman–Crippen LogP) is 1.35. The van der Waals surface area contributed by atoms with Gasteiger partial charge >= 0.3 is 0 Å². The van der Waals surface area contributed by atoms with Gasteiger partial charge in [-0.25, -0.2) is 0 Å². The van der Waals surface area contributed by atoms with Crippen LogP contribution in [0, 0.1) is 5.92 Å². The van der Waals surface area contributed by atoms with Crippen molar-refractivity contribution in [3.8, 4) is 0 Å². The van der Waals surface area contributed by atoms with E-state index in [1.807, 2.05) is 17.9 Å². The minimum absolute atomic E-state index is 0.962. The maximum atomic E-state index is 4.15. The monoisotopic (exact) mass is 193 g/mol. The molecule has 0 bridgehead atoms. The van der Waals surface area contributed by atoms with Gasteiger partial charge in [0, 0.05) is 13.2 Å². The van der Waals surface area contributed by atoms with Crippen LogP contribution >= 0.6 is 0 Å². The molecule has 3 nitrogen and oxygen atoms in total. The highest BCUT2D eigenvalue weighted by molar-refractivity contribution is 5.03. The van der Waals surface area contributed by atoms with Crippen molar-refractivity contribution in [1.82, 2.24) is 15.1 Å². The van der Waals surface area contributed by atoms with Gasteiger partial charge in [-0.05, 0) is 43.8 Å². The Hall–Kier alpha value is -0.830. The molecule has 3 heteroatoms. The standard InChI is InChI=1S/C11H19N3/c1-14-9-11(8-13-14)5-6-12-7-10-3-2-4-10/h8-10,12H,2-7H2,1H3. The third kappa shape index (κ3) is 2.58. The molecule has 0 radical (unpaired) electrons. The van der Waals surface area contributed by atoms with Gasteiger partial charge in [0.1, 0.15) is 0 Å². The highest BCUT2D eigenvalue weighted by Crippen LogP contribution is 2.24. The smallest absolute Gasteiger partial charge is 0.0522 e. The van der Waals surface area contributed by atoms with Gasteiger partial charge < -0.3 is 5.32 Å². The van der Waals surface area contributed by atoms with Crippen LogP contribution in [0.15, 0.2) is 12.4 Å². The lowest BCUT2D eigenvalue weighted by Crippen LogP contribution is -2.28. The van der Waals surface area contributed by atoms with Crippen LogP contribution in [0.4, 0.5) is 0 Å². The number of aryl methyl sites for hydroxylation is 1. The fraction of sp³-hybridized carbons (Fsp3) is 0.727. The van der Waals surface area contributed by atoms with Crippen molar-refractivity contribution in [2.75, 3.05) is 13.1 Å². The van der Waals surface area contributed by atoms with Crippen LogP contribution in [0.25, 0.3) is 0 Å². The first-order valence-electron chi connectivity index (χ1n) is 5.53. The van der Waals surface area contributed by atoms with E-state index in [4.69, 9.17) is 0 Å². The topological polar surface area (TPSA) is 29.9 Å². The Balaban J connectivity index is 1.58. The molecule has 1 aromatic rings. The first-order valence-corrected chi connectivity index (χ1v) is 5.53. The van der Waals surface area contributed by atoms with Gasteiger partial charge in [0.05, 0.1) is 6.20 Å². The predicted molar refractivity (Wildman–Crippen MR) is 57.1 cm³/mol. The van der Waals surface area contributed by atoms with Crippen molar-refractivity contribution in [2.45, 2.75) is 25.7 Å². The van der Waals surface area contributed by atoms with E-state index in [1.54, 1.807) is 0 Å². The Morgan fingerprint density at radius 1 is 1.57 bits per heavy atom. The molecule has 0 saturated heterocycles. The Morgan fingerprint density at radius 2 is 2.43 bits per heavy atom.